The average Bonchev–Trinajstić information content (AvgIpc) is 2.70. The molecule has 0 bridgehead atoms. The number of piperidine rings is 1. The molecule has 1 N–H and O–H groups in total. The van der Waals surface area contributed by atoms with E-state index < -0.39 is 11.6 Å². The SMILES string of the molecule is CCC1CCCCN1C(=O)C1CCC(C(=O)Nc2ccc(F)c(F)c2)CC1. The molecule has 1 saturated carbocycles. The molecule has 148 valence electrons. The van der Waals surface area contributed by atoms with Gasteiger partial charge in [0.15, 0.2) is 11.6 Å². The van der Waals surface area contributed by atoms with Gasteiger partial charge < -0.3 is 10.2 Å². The minimum absolute atomic E-state index is 0.00413. The summed E-state index contributed by atoms with van der Waals surface area (Å²) < 4.78 is 26.3. The van der Waals surface area contributed by atoms with E-state index in [1.54, 1.807) is 0 Å². The topological polar surface area (TPSA) is 49.4 Å². The van der Waals surface area contributed by atoms with Gasteiger partial charge in [0.05, 0.1) is 0 Å². The Kier molecular flexibility index (Phi) is 6.45. The molecule has 27 heavy (non-hydrogen) atoms. The van der Waals surface area contributed by atoms with Gasteiger partial charge in [-0.2, -0.15) is 0 Å². The normalized spacial score (nSPS) is 25.9. The predicted molar refractivity (Wildman–Crippen MR) is 100 cm³/mol. The highest BCUT2D eigenvalue weighted by Gasteiger charge is 2.34. The number of hydrogen-bond acceptors (Lipinski definition) is 2. The van der Waals surface area contributed by atoms with Crippen LogP contribution in [0.2, 0.25) is 0 Å². The molecule has 2 fully saturated rings. The monoisotopic (exact) mass is 378 g/mol. The molecule has 1 aromatic carbocycles. The first-order valence-electron chi connectivity index (χ1n) is 10.1. The summed E-state index contributed by atoms with van der Waals surface area (Å²) in [5.74, 6) is -2.03. The Morgan fingerprint density at radius 1 is 1.04 bits per heavy atom. The van der Waals surface area contributed by atoms with E-state index in [0.29, 0.717) is 31.7 Å². The number of anilines is 1. The Bertz CT molecular complexity index is 687. The molecule has 6 heteroatoms. The van der Waals surface area contributed by atoms with Crippen LogP contribution in [-0.2, 0) is 9.59 Å². The van der Waals surface area contributed by atoms with Gasteiger partial charge in [-0.05, 0) is 63.5 Å². The highest BCUT2D eigenvalue weighted by atomic mass is 19.2. The largest absolute Gasteiger partial charge is 0.339 e. The zero-order chi connectivity index (χ0) is 19.4. The second kappa shape index (κ2) is 8.81. The van der Waals surface area contributed by atoms with Crippen molar-refractivity contribution in [3.8, 4) is 0 Å². The molecule has 1 saturated heterocycles. The highest BCUT2D eigenvalue weighted by Crippen LogP contribution is 2.33. The van der Waals surface area contributed by atoms with Crippen LogP contribution >= 0.6 is 0 Å². The van der Waals surface area contributed by atoms with Gasteiger partial charge in [-0.3, -0.25) is 9.59 Å². The number of benzene rings is 1. The van der Waals surface area contributed by atoms with Gasteiger partial charge in [-0.15, -0.1) is 0 Å². The van der Waals surface area contributed by atoms with Crippen molar-refractivity contribution in [1.29, 1.82) is 0 Å². The number of nitrogens with one attached hydrogen (secondary N) is 1. The number of amides is 2. The van der Waals surface area contributed by atoms with Gasteiger partial charge in [0.2, 0.25) is 11.8 Å². The minimum Gasteiger partial charge on any atom is -0.339 e. The fourth-order valence-corrected chi connectivity index (χ4v) is 4.37. The zero-order valence-electron chi connectivity index (χ0n) is 15.8. The van der Waals surface area contributed by atoms with Crippen molar-refractivity contribution in [2.45, 2.75) is 64.3 Å². The summed E-state index contributed by atoms with van der Waals surface area (Å²) >= 11 is 0. The van der Waals surface area contributed by atoms with Gasteiger partial charge in [0, 0.05) is 36.2 Å². The quantitative estimate of drug-likeness (QED) is 0.839. The van der Waals surface area contributed by atoms with E-state index in [9.17, 15) is 18.4 Å². The van der Waals surface area contributed by atoms with E-state index in [4.69, 9.17) is 0 Å². The smallest absolute Gasteiger partial charge is 0.227 e. The van der Waals surface area contributed by atoms with Crippen LogP contribution in [0.5, 0.6) is 0 Å². The number of hydrogen-bond donors (Lipinski definition) is 1. The number of carbonyl (C=O) groups is 2. The second-order valence-electron chi connectivity index (χ2n) is 7.76. The molecule has 0 radical (unpaired) electrons. The molecule has 3 rings (SSSR count). The van der Waals surface area contributed by atoms with E-state index in [1.807, 2.05) is 0 Å². The molecule has 1 aromatic rings. The number of rotatable bonds is 4. The molecule has 2 aliphatic rings. The van der Waals surface area contributed by atoms with Crippen molar-refractivity contribution >= 4 is 17.5 Å². The van der Waals surface area contributed by atoms with Gasteiger partial charge in [-0.1, -0.05) is 6.92 Å². The molecule has 0 aromatic heterocycles. The van der Waals surface area contributed by atoms with E-state index in [1.165, 1.54) is 12.5 Å². The second-order valence-corrected chi connectivity index (χ2v) is 7.76. The summed E-state index contributed by atoms with van der Waals surface area (Å²) in [6, 6.07) is 3.71. The van der Waals surface area contributed by atoms with Crippen LogP contribution in [-0.4, -0.2) is 29.3 Å². The van der Waals surface area contributed by atoms with Gasteiger partial charge in [-0.25, -0.2) is 8.78 Å². The van der Waals surface area contributed by atoms with Crippen molar-refractivity contribution in [2.75, 3.05) is 11.9 Å². The fourth-order valence-electron chi connectivity index (χ4n) is 4.37. The Morgan fingerprint density at radius 2 is 1.74 bits per heavy atom. The molecule has 1 aliphatic carbocycles. The van der Waals surface area contributed by atoms with Crippen LogP contribution in [0.3, 0.4) is 0 Å². The summed E-state index contributed by atoms with van der Waals surface area (Å²) in [5, 5.41) is 2.66. The van der Waals surface area contributed by atoms with E-state index in [0.717, 1.165) is 37.9 Å². The first kappa shape index (κ1) is 19.8. The number of halogens is 2. The first-order valence-corrected chi connectivity index (χ1v) is 10.1. The average molecular weight is 378 g/mol. The summed E-state index contributed by atoms with van der Waals surface area (Å²) in [6.45, 7) is 2.99. The molecule has 2 amide bonds. The molecule has 4 nitrogen and oxygen atoms in total. The molecule has 1 unspecified atom stereocenters. The Morgan fingerprint density at radius 3 is 2.41 bits per heavy atom. The summed E-state index contributed by atoms with van der Waals surface area (Å²) in [6.07, 6.45) is 7.08. The molecular weight excluding hydrogens is 350 g/mol. The Hall–Kier alpha value is -1.98. The highest BCUT2D eigenvalue weighted by molar-refractivity contribution is 5.92. The predicted octanol–water partition coefficient (Wildman–Crippen LogP) is 4.50. The first-order chi connectivity index (χ1) is 13.0. The van der Waals surface area contributed by atoms with Crippen molar-refractivity contribution in [3.63, 3.8) is 0 Å². The Labute approximate surface area is 159 Å². The number of carbonyl (C=O) groups excluding carboxylic acids is 2. The molecule has 1 aliphatic heterocycles. The number of nitrogens with zero attached hydrogens (tertiary/aromatic N) is 1. The van der Waals surface area contributed by atoms with Crippen LogP contribution in [0, 0.1) is 23.5 Å². The molecular formula is C21H28F2N2O2. The minimum atomic E-state index is -0.978. The maximum absolute atomic E-state index is 13.3. The fraction of sp³-hybridized carbons (Fsp3) is 0.619. The third-order valence-electron chi connectivity index (χ3n) is 6.02. The van der Waals surface area contributed by atoms with Crippen molar-refractivity contribution in [1.82, 2.24) is 4.90 Å². The van der Waals surface area contributed by atoms with Crippen LogP contribution in [0.25, 0.3) is 0 Å². The maximum atomic E-state index is 13.3. The van der Waals surface area contributed by atoms with Gasteiger partial charge >= 0.3 is 0 Å². The lowest BCUT2D eigenvalue weighted by molar-refractivity contribution is -0.141. The van der Waals surface area contributed by atoms with Gasteiger partial charge in [0.25, 0.3) is 0 Å². The summed E-state index contributed by atoms with van der Waals surface area (Å²) in [7, 11) is 0. The third kappa shape index (κ3) is 4.66. The summed E-state index contributed by atoms with van der Waals surface area (Å²) in [4.78, 5) is 27.4. The zero-order valence-corrected chi connectivity index (χ0v) is 15.8. The third-order valence-corrected chi connectivity index (χ3v) is 6.02. The lowest BCUT2D eigenvalue weighted by Gasteiger charge is -2.39. The lowest BCUT2D eigenvalue weighted by Crippen LogP contribution is -2.47. The van der Waals surface area contributed by atoms with Crippen LogP contribution in [0.15, 0.2) is 18.2 Å². The van der Waals surface area contributed by atoms with Crippen molar-refractivity contribution in [3.05, 3.63) is 29.8 Å². The van der Waals surface area contributed by atoms with Gasteiger partial charge in [0.1, 0.15) is 0 Å². The van der Waals surface area contributed by atoms with Crippen LogP contribution in [0.1, 0.15) is 58.3 Å². The molecule has 0 spiro atoms. The number of likely N-dealkylation sites (tertiary alicyclic amines) is 1. The molecule has 1 heterocycles. The van der Waals surface area contributed by atoms with Crippen LogP contribution < -0.4 is 5.32 Å². The van der Waals surface area contributed by atoms with E-state index >= 15 is 0 Å². The van der Waals surface area contributed by atoms with Crippen molar-refractivity contribution in [2.24, 2.45) is 11.8 Å². The van der Waals surface area contributed by atoms with Crippen LogP contribution in [0.4, 0.5) is 14.5 Å². The maximum Gasteiger partial charge on any atom is 0.227 e. The molecule has 1 atom stereocenters. The van der Waals surface area contributed by atoms with Crippen molar-refractivity contribution < 1.29 is 18.4 Å². The Balaban J connectivity index is 1.52. The standard InChI is InChI=1S/C21H28F2N2O2/c1-2-17-5-3-4-12-25(17)21(27)15-8-6-14(7-9-15)20(26)24-16-10-11-18(22)19(23)13-16/h10-11,13-15,17H,2-9,12H2,1H3,(H,24,26). The lowest BCUT2D eigenvalue weighted by atomic mass is 9.80. The van der Waals surface area contributed by atoms with E-state index in [2.05, 4.69) is 17.1 Å². The summed E-state index contributed by atoms with van der Waals surface area (Å²) in [5.41, 5.74) is 0.260. The van der Waals surface area contributed by atoms with E-state index in [-0.39, 0.29) is 29.3 Å².